The maximum absolute atomic E-state index is 12.2. The molecule has 0 radical (unpaired) electrons. The normalized spacial score (nSPS) is 10.8. The molecule has 0 unspecified atom stereocenters. The zero-order chi connectivity index (χ0) is 14.1. The van der Waals surface area contributed by atoms with Gasteiger partial charge >= 0.3 is 0 Å². The lowest BCUT2D eigenvalue weighted by Crippen LogP contribution is -2.07. The van der Waals surface area contributed by atoms with Gasteiger partial charge in [-0.05, 0) is 17.5 Å². The van der Waals surface area contributed by atoms with E-state index in [1.54, 1.807) is 24.1 Å². The van der Waals surface area contributed by atoms with Crippen molar-refractivity contribution in [2.45, 2.75) is 6.42 Å². The Kier molecular flexibility index (Phi) is 3.20. The average molecular weight is 284 g/mol. The fourth-order valence-electron chi connectivity index (χ4n) is 2.00. The number of nitrogens with zero attached hydrogens (tertiary/aromatic N) is 2. The van der Waals surface area contributed by atoms with E-state index >= 15 is 0 Å². The molecule has 1 aromatic carbocycles. The number of Topliss-reactive ketones (excluding diaryl/α,β-unsaturated/α-hetero) is 2. The molecule has 20 heavy (non-hydrogen) atoms. The minimum atomic E-state index is -0.243. The number of aryl methyl sites for hydroxylation is 1. The Morgan fingerprint density at radius 2 is 2.05 bits per heavy atom. The number of imidazole rings is 1. The van der Waals surface area contributed by atoms with Crippen LogP contribution in [0.4, 0.5) is 0 Å². The van der Waals surface area contributed by atoms with Crippen LogP contribution in [0.2, 0.25) is 0 Å². The molecule has 0 saturated carbocycles. The lowest BCUT2D eigenvalue weighted by Gasteiger charge is -1.95. The van der Waals surface area contributed by atoms with E-state index in [1.807, 2.05) is 30.3 Å². The monoisotopic (exact) mass is 284 g/mol. The van der Waals surface area contributed by atoms with Crippen molar-refractivity contribution in [2.24, 2.45) is 7.05 Å². The first-order valence-electron chi connectivity index (χ1n) is 6.16. The fraction of sp³-hybridized carbons (Fsp3) is 0.133. The Labute approximate surface area is 119 Å². The van der Waals surface area contributed by atoms with Crippen molar-refractivity contribution in [3.63, 3.8) is 0 Å². The van der Waals surface area contributed by atoms with E-state index in [0.29, 0.717) is 10.6 Å². The third kappa shape index (κ3) is 2.40. The van der Waals surface area contributed by atoms with Crippen LogP contribution >= 0.6 is 11.3 Å². The third-order valence-electron chi connectivity index (χ3n) is 3.01. The maximum atomic E-state index is 12.2. The summed E-state index contributed by atoms with van der Waals surface area (Å²) in [6.07, 6.45) is 3.04. The lowest BCUT2D eigenvalue weighted by molar-refractivity contribution is 0.0894. The molecule has 0 bridgehead atoms. The van der Waals surface area contributed by atoms with E-state index in [2.05, 4.69) is 4.98 Å². The topological polar surface area (TPSA) is 52.0 Å². The summed E-state index contributed by atoms with van der Waals surface area (Å²) in [6, 6.07) is 9.64. The van der Waals surface area contributed by atoms with Crippen molar-refractivity contribution >= 4 is 33.0 Å². The lowest BCUT2D eigenvalue weighted by atomic mass is 10.1. The highest BCUT2D eigenvalue weighted by molar-refractivity contribution is 7.20. The molecule has 5 heteroatoms. The second-order valence-corrected chi connectivity index (χ2v) is 5.68. The van der Waals surface area contributed by atoms with Gasteiger partial charge in [0, 0.05) is 17.9 Å². The Morgan fingerprint density at radius 1 is 1.25 bits per heavy atom. The Hall–Kier alpha value is -2.27. The number of hydrogen-bond acceptors (Lipinski definition) is 4. The van der Waals surface area contributed by atoms with Gasteiger partial charge in [-0.3, -0.25) is 9.59 Å². The summed E-state index contributed by atoms with van der Waals surface area (Å²) in [5.41, 5.74) is 0.335. The number of benzene rings is 1. The van der Waals surface area contributed by atoms with Crippen LogP contribution in [0.1, 0.15) is 26.6 Å². The molecule has 0 spiro atoms. The van der Waals surface area contributed by atoms with Crippen molar-refractivity contribution < 1.29 is 9.59 Å². The highest BCUT2D eigenvalue weighted by atomic mass is 32.1. The van der Waals surface area contributed by atoms with E-state index in [9.17, 15) is 9.59 Å². The highest BCUT2D eigenvalue weighted by Gasteiger charge is 2.17. The minimum Gasteiger partial charge on any atom is -0.340 e. The molecule has 2 heterocycles. The number of carbonyl (C=O) groups excluding carboxylic acids is 2. The Morgan fingerprint density at radius 3 is 2.75 bits per heavy atom. The highest BCUT2D eigenvalue weighted by Crippen LogP contribution is 2.26. The molecular weight excluding hydrogens is 272 g/mol. The van der Waals surface area contributed by atoms with Gasteiger partial charge in [0.25, 0.3) is 0 Å². The van der Waals surface area contributed by atoms with Gasteiger partial charge in [0.05, 0.1) is 17.6 Å². The first-order chi connectivity index (χ1) is 9.63. The van der Waals surface area contributed by atoms with Gasteiger partial charge in [0.2, 0.25) is 0 Å². The summed E-state index contributed by atoms with van der Waals surface area (Å²) in [7, 11) is 1.79. The molecule has 0 aliphatic rings. The zero-order valence-corrected chi connectivity index (χ0v) is 11.7. The first kappa shape index (κ1) is 12.7. The molecule has 3 aromatic rings. The van der Waals surface area contributed by atoms with E-state index in [-0.39, 0.29) is 18.0 Å². The molecule has 3 rings (SSSR count). The second-order valence-electron chi connectivity index (χ2n) is 4.60. The van der Waals surface area contributed by atoms with Crippen molar-refractivity contribution in [1.82, 2.24) is 9.55 Å². The summed E-state index contributed by atoms with van der Waals surface area (Å²) in [5.74, 6) is -0.394. The van der Waals surface area contributed by atoms with Crippen LogP contribution in [0.15, 0.2) is 42.9 Å². The van der Waals surface area contributed by atoms with Gasteiger partial charge in [-0.25, -0.2) is 4.98 Å². The molecule has 0 aliphatic carbocycles. The van der Waals surface area contributed by atoms with Crippen LogP contribution in [0.25, 0.3) is 10.1 Å². The number of hydrogen-bond donors (Lipinski definition) is 0. The average Bonchev–Trinajstić information content (AvgIpc) is 3.04. The number of rotatable bonds is 4. The SMILES string of the molecule is Cn1cnc(C(=O)CC(=O)c2cc3ccccc3s2)c1. The fourth-order valence-corrected chi connectivity index (χ4v) is 3.00. The van der Waals surface area contributed by atoms with Gasteiger partial charge in [0.15, 0.2) is 11.6 Å². The van der Waals surface area contributed by atoms with Crippen LogP contribution in [-0.2, 0) is 7.05 Å². The van der Waals surface area contributed by atoms with Crippen molar-refractivity contribution in [1.29, 1.82) is 0 Å². The van der Waals surface area contributed by atoms with Gasteiger partial charge in [0.1, 0.15) is 5.69 Å². The van der Waals surface area contributed by atoms with Crippen molar-refractivity contribution in [3.05, 3.63) is 53.4 Å². The molecule has 0 fully saturated rings. The molecule has 2 aromatic heterocycles. The number of aromatic nitrogens is 2. The second kappa shape index (κ2) is 5.02. The van der Waals surface area contributed by atoms with Crippen molar-refractivity contribution in [2.75, 3.05) is 0 Å². The van der Waals surface area contributed by atoms with Gasteiger partial charge in [-0.2, -0.15) is 0 Å². The summed E-state index contributed by atoms with van der Waals surface area (Å²) in [5, 5.41) is 1.03. The summed E-state index contributed by atoms with van der Waals surface area (Å²) >= 11 is 1.42. The van der Waals surface area contributed by atoms with E-state index < -0.39 is 0 Å². The van der Waals surface area contributed by atoms with Crippen LogP contribution in [0, 0.1) is 0 Å². The standard InChI is InChI=1S/C15H12N2O2S/c1-17-8-11(16-9-17)12(18)7-13(19)15-6-10-4-2-3-5-14(10)20-15/h2-6,8-9H,7H2,1H3. The summed E-state index contributed by atoms with van der Waals surface area (Å²) in [6.45, 7) is 0. The van der Waals surface area contributed by atoms with Crippen LogP contribution in [0.3, 0.4) is 0 Å². The van der Waals surface area contributed by atoms with Gasteiger partial charge in [-0.1, -0.05) is 18.2 Å². The number of fused-ring (bicyclic) bond motifs is 1. The smallest absolute Gasteiger partial charge is 0.190 e. The summed E-state index contributed by atoms with van der Waals surface area (Å²) < 4.78 is 2.75. The largest absolute Gasteiger partial charge is 0.340 e. The third-order valence-corrected chi connectivity index (χ3v) is 4.17. The van der Waals surface area contributed by atoms with Crippen LogP contribution < -0.4 is 0 Å². The molecule has 0 amide bonds. The Balaban J connectivity index is 1.80. The molecule has 0 atom stereocenters. The zero-order valence-electron chi connectivity index (χ0n) is 10.9. The minimum absolute atomic E-state index is 0.135. The van der Waals surface area contributed by atoms with Crippen LogP contribution in [-0.4, -0.2) is 21.1 Å². The number of carbonyl (C=O) groups is 2. The molecule has 100 valence electrons. The quantitative estimate of drug-likeness (QED) is 0.546. The van der Waals surface area contributed by atoms with E-state index in [1.165, 1.54) is 11.3 Å². The predicted octanol–water partition coefficient (Wildman–Crippen LogP) is 3.09. The maximum Gasteiger partial charge on any atom is 0.190 e. The number of thiophene rings is 1. The molecule has 0 N–H and O–H groups in total. The molecule has 0 aliphatic heterocycles. The predicted molar refractivity (Wildman–Crippen MR) is 78.3 cm³/mol. The molecule has 4 nitrogen and oxygen atoms in total. The number of ketones is 2. The van der Waals surface area contributed by atoms with Gasteiger partial charge in [-0.15, -0.1) is 11.3 Å². The Bertz CT molecular complexity index is 768. The van der Waals surface area contributed by atoms with E-state index in [0.717, 1.165) is 10.1 Å². The van der Waals surface area contributed by atoms with Crippen molar-refractivity contribution in [3.8, 4) is 0 Å². The van der Waals surface area contributed by atoms with Gasteiger partial charge < -0.3 is 4.57 Å². The molecular formula is C15H12N2O2S. The molecule has 0 saturated heterocycles. The first-order valence-corrected chi connectivity index (χ1v) is 6.98. The summed E-state index contributed by atoms with van der Waals surface area (Å²) in [4.78, 5) is 28.7. The van der Waals surface area contributed by atoms with E-state index in [4.69, 9.17) is 0 Å². The van der Waals surface area contributed by atoms with Crippen LogP contribution in [0.5, 0.6) is 0 Å².